The number of aliphatic imine (C=N–C) groups is 1. The average molecular weight is 310 g/mol. The van der Waals surface area contributed by atoms with Crippen LogP contribution in [0.5, 0.6) is 0 Å². The van der Waals surface area contributed by atoms with E-state index >= 15 is 0 Å². The molecular weight excluding hydrogens is 284 g/mol. The van der Waals surface area contributed by atoms with Gasteiger partial charge in [0.15, 0.2) is 0 Å². The first-order valence-electron chi connectivity index (χ1n) is 8.32. The number of hydrogen-bond donors (Lipinski definition) is 3. The summed E-state index contributed by atoms with van der Waals surface area (Å²) in [6, 6.07) is 7.80. The number of rotatable bonds is 6. The van der Waals surface area contributed by atoms with Crippen LogP contribution in [0.4, 0.5) is 5.69 Å². The van der Waals surface area contributed by atoms with E-state index in [4.69, 9.17) is 11.4 Å². The van der Waals surface area contributed by atoms with Crippen LogP contribution >= 0.6 is 0 Å². The summed E-state index contributed by atoms with van der Waals surface area (Å²) in [4.78, 5) is 4.86. The predicted octanol–water partition coefficient (Wildman–Crippen LogP) is 3.44. The second-order valence-corrected chi connectivity index (χ2v) is 5.66. The Morgan fingerprint density at radius 2 is 2.13 bits per heavy atom. The number of hydrogen-bond acceptors (Lipinski definition) is 4. The van der Waals surface area contributed by atoms with Gasteiger partial charge in [-0.15, -0.1) is 6.42 Å². The summed E-state index contributed by atoms with van der Waals surface area (Å²) >= 11 is 0. The van der Waals surface area contributed by atoms with Crippen molar-refractivity contribution in [3.8, 4) is 12.3 Å². The normalized spacial score (nSPS) is 20.1. The minimum Gasteiger partial charge on any atom is -0.330 e. The molecule has 0 bridgehead atoms. The van der Waals surface area contributed by atoms with Crippen molar-refractivity contribution in [2.45, 2.75) is 45.7 Å². The lowest BCUT2D eigenvalue weighted by atomic mass is 10.0. The molecule has 0 spiro atoms. The molecule has 1 aromatic rings. The summed E-state index contributed by atoms with van der Waals surface area (Å²) in [5.74, 6) is 3.41. The second-order valence-electron chi connectivity index (χ2n) is 5.66. The van der Waals surface area contributed by atoms with Gasteiger partial charge in [-0.2, -0.15) is 0 Å². The van der Waals surface area contributed by atoms with Gasteiger partial charge in [0.25, 0.3) is 0 Å². The Morgan fingerprint density at radius 1 is 1.30 bits per heavy atom. The Morgan fingerprint density at radius 3 is 2.78 bits per heavy atom. The van der Waals surface area contributed by atoms with Gasteiger partial charge >= 0.3 is 0 Å². The minimum atomic E-state index is -0.351. The zero-order valence-corrected chi connectivity index (χ0v) is 14.2. The molecule has 1 atom stereocenters. The smallest absolute Gasteiger partial charge is 0.202 e. The predicted molar refractivity (Wildman–Crippen MR) is 98.3 cm³/mol. The van der Waals surface area contributed by atoms with Crippen LogP contribution in [0.25, 0.3) is 0 Å². The molecule has 4 nitrogen and oxygen atoms in total. The van der Waals surface area contributed by atoms with Crippen LogP contribution in [0.3, 0.4) is 0 Å². The van der Waals surface area contributed by atoms with Gasteiger partial charge in [0.2, 0.25) is 5.96 Å². The zero-order valence-electron chi connectivity index (χ0n) is 14.2. The fourth-order valence-corrected chi connectivity index (χ4v) is 2.73. The van der Waals surface area contributed by atoms with E-state index in [1.54, 1.807) is 0 Å². The number of allylic oxidation sites excluding steroid dienone is 1. The second kappa shape index (κ2) is 7.85. The molecule has 0 aliphatic carbocycles. The van der Waals surface area contributed by atoms with Crippen LogP contribution < -0.4 is 16.0 Å². The SMILES string of the molecule is C#Cc1cccc(NC2=NC(CC)(NCC)C=C(CCC)N2)c1. The number of terminal acetylenes is 1. The number of likely N-dealkylation sites (N-methyl/N-ethyl adjacent to an activating group) is 1. The van der Waals surface area contributed by atoms with Crippen molar-refractivity contribution in [1.82, 2.24) is 10.6 Å². The number of nitrogens with one attached hydrogen (secondary N) is 3. The Labute approximate surface area is 139 Å². The highest BCUT2D eigenvalue weighted by Crippen LogP contribution is 2.22. The highest BCUT2D eigenvalue weighted by atomic mass is 15.3. The monoisotopic (exact) mass is 310 g/mol. The fourth-order valence-electron chi connectivity index (χ4n) is 2.73. The maximum atomic E-state index is 5.47. The largest absolute Gasteiger partial charge is 0.330 e. The van der Waals surface area contributed by atoms with Gasteiger partial charge in [-0.05, 0) is 43.7 Å². The van der Waals surface area contributed by atoms with Crippen LogP contribution in [-0.4, -0.2) is 18.2 Å². The third-order valence-corrected chi connectivity index (χ3v) is 3.84. The van der Waals surface area contributed by atoms with Crippen molar-refractivity contribution >= 4 is 11.6 Å². The molecule has 0 fully saturated rings. The molecule has 0 amide bonds. The lowest BCUT2D eigenvalue weighted by molar-refractivity contribution is 0.405. The first-order valence-corrected chi connectivity index (χ1v) is 8.32. The molecule has 4 heteroatoms. The molecule has 3 N–H and O–H groups in total. The summed E-state index contributed by atoms with van der Waals surface area (Å²) in [6.45, 7) is 7.30. The average Bonchev–Trinajstić information content (AvgIpc) is 2.55. The molecule has 122 valence electrons. The van der Waals surface area contributed by atoms with Gasteiger partial charge in [0.05, 0.1) is 0 Å². The van der Waals surface area contributed by atoms with Crippen molar-refractivity contribution in [2.75, 3.05) is 11.9 Å². The molecule has 0 radical (unpaired) electrons. The van der Waals surface area contributed by atoms with E-state index in [1.807, 2.05) is 24.3 Å². The van der Waals surface area contributed by atoms with Gasteiger partial charge in [-0.3, -0.25) is 5.32 Å². The lowest BCUT2D eigenvalue weighted by Crippen LogP contribution is -2.48. The highest BCUT2D eigenvalue weighted by Gasteiger charge is 2.28. The zero-order chi connectivity index (χ0) is 16.7. The molecule has 0 saturated carbocycles. The summed E-state index contributed by atoms with van der Waals surface area (Å²) in [7, 11) is 0. The minimum absolute atomic E-state index is 0.351. The molecular formula is C19H26N4. The molecule has 2 rings (SSSR count). The van der Waals surface area contributed by atoms with E-state index in [1.165, 1.54) is 5.70 Å². The lowest BCUT2D eigenvalue weighted by Gasteiger charge is -2.33. The first kappa shape index (κ1) is 17.1. The quantitative estimate of drug-likeness (QED) is 0.706. The third-order valence-electron chi connectivity index (χ3n) is 3.84. The number of guanidine groups is 1. The van der Waals surface area contributed by atoms with Crippen molar-refractivity contribution in [3.05, 3.63) is 41.6 Å². The topological polar surface area (TPSA) is 48.5 Å². The molecule has 1 heterocycles. The highest BCUT2D eigenvalue weighted by molar-refractivity contribution is 5.96. The van der Waals surface area contributed by atoms with Crippen molar-refractivity contribution in [1.29, 1.82) is 0 Å². The Kier molecular flexibility index (Phi) is 5.84. The van der Waals surface area contributed by atoms with Crippen LogP contribution in [0.15, 0.2) is 41.0 Å². The van der Waals surface area contributed by atoms with Gasteiger partial charge in [-0.1, -0.05) is 39.2 Å². The van der Waals surface area contributed by atoms with Gasteiger partial charge in [-0.25, -0.2) is 4.99 Å². The van der Waals surface area contributed by atoms with E-state index < -0.39 is 0 Å². The Bertz CT molecular complexity index is 639. The molecule has 1 unspecified atom stereocenters. The standard InChI is InChI=1S/C19H26N4/c1-5-10-17-14-19(7-3,20-8-4)23-18(22-17)21-16-12-9-11-15(6-2)13-16/h2,9,11-14,20H,5,7-8,10H2,1,3-4H3,(H2,21,22,23). The van der Waals surface area contributed by atoms with Crippen LogP contribution in [0.2, 0.25) is 0 Å². The maximum Gasteiger partial charge on any atom is 0.202 e. The van der Waals surface area contributed by atoms with E-state index in [-0.39, 0.29) is 5.66 Å². The fraction of sp³-hybridized carbons (Fsp3) is 0.421. The molecule has 0 aromatic heterocycles. The molecule has 1 aromatic carbocycles. The van der Waals surface area contributed by atoms with Crippen LogP contribution in [0, 0.1) is 12.3 Å². The Balaban J connectivity index is 2.27. The summed E-state index contributed by atoms with van der Waals surface area (Å²) in [5.41, 5.74) is 2.63. The molecule has 0 saturated heterocycles. The van der Waals surface area contributed by atoms with E-state index in [2.05, 4.69) is 48.7 Å². The van der Waals surface area contributed by atoms with Crippen LogP contribution in [-0.2, 0) is 0 Å². The first-order chi connectivity index (χ1) is 11.1. The van der Waals surface area contributed by atoms with E-state index in [9.17, 15) is 0 Å². The van der Waals surface area contributed by atoms with E-state index in [0.717, 1.165) is 43.0 Å². The molecule has 23 heavy (non-hydrogen) atoms. The third kappa shape index (κ3) is 4.37. The molecule has 1 aliphatic rings. The van der Waals surface area contributed by atoms with Crippen molar-refractivity contribution in [3.63, 3.8) is 0 Å². The summed E-state index contributed by atoms with van der Waals surface area (Å²) in [6.07, 6.45) is 10.7. The van der Waals surface area contributed by atoms with Gasteiger partial charge in [0.1, 0.15) is 5.66 Å². The Hall–Kier alpha value is -2.25. The summed E-state index contributed by atoms with van der Waals surface area (Å²) < 4.78 is 0. The van der Waals surface area contributed by atoms with Gasteiger partial charge < -0.3 is 10.6 Å². The maximum absolute atomic E-state index is 5.47. The van der Waals surface area contributed by atoms with Crippen LogP contribution in [0.1, 0.15) is 45.6 Å². The molecule has 1 aliphatic heterocycles. The number of benzene rings is 1. The van der Waals surface area contributed by atoms with Crippen molar-refractivity contribution < 1.29 is 0 Å². The van der Waals surface area contributed by atoms with E-state index in [0.29, 0.717) is 0 Å². The van der Waals surface area contributed by atoms with Gasteiger partial charge in [0, 0.05) is 16.9 Å². The number of anilines is 1. The van der Waals surface area contributed by atoms with Crippen molar-refractivity contribution in [2.24, 2.45) is 4.99 Å². The summed E-state index contributed by atoms with van der Waals surface area (Å²) in [5, 5.41) is 10.2. The number of nitrogens with zero attached hydrogens (tertiary/aromatic N) is 1.